The lowest BCUT2D eigenvalue weighted by molar-refractivity contribution is 0.0520. The molecule has 1 aromatic carbocycles. The van der Waals surface area contributed by atoms with Gasteiger partial charge in [0.25, 0.3) is 5.91 Å². The summed E-state index contributed by atoms with van der Waals surface area (Å²) in [5.74, 6) is -0.521. The summed E-state index contributed by atoms with van der Waals surface area (Å²) >= 11 is 4.75. The Morgan fingerprint density at radius 1 is 1.32 bits per heavy atom. The van der Waals surface area contributed by atoms with Gasteiger partial charge in [-0.05, 0) is 45.9 Å². The summed E-state index contributed by atoms with van der Waals surface area (Å²) in [6.07, 6.45) is 0. The minimum Gasteiger partial charge on any atom is -0.461 e. The molecule has 0 aliphatic rings. The molecule has 1 heterocycles. The van der Waals surface area contributed by atoms with Crippen LogP contribution in [0.4, 0.5) is 0 Å². The van der Waals surface area contributed by atoms with Crippen molar-refractivity contribution in [1.82, 2.24) is 9.88 Å². The highest BCUT2D eigenvalue weighted by Gasteiger charge is 2.28. The molecule has 0 radical (unpaired) electrons. The van der Waals surface area contributed by atoms with Crippen LogP contribution in [0.3, 0.4) is 0 Å². The van der Waals surface area contributed by atoms with Gasteiger partial charge < -0.3 is 9.64 Å². The van der Waals surface area contributed by atoms with Gasteiger partial charge in [0.05, 0.1) is 13.2 Å². The van der Waals surface area contributed by atoms with Crippen molar-refractivity contribution >= 4 is 39.1 Å². The molecule has 1 aromatic heterocycles. The van der Waals surface area contributed by atoms with E-state index in [0.29, 0.717) is 23.7 Å². The third kappa shape index (κ3) is 5.12. The van der Waals surface area contributed by atoms with Crippen molar-refractivity contribution < 1.29 is 14.3 Å². The highest BCUT2D eigenvalue weighted by molar-refractivity contribution is 9.10. The van der Waals surface area contributed by atoms with E-state index in [-0.39, 0.29) is 11.6 Å². The summed E-state index contributed by atoms with van der Waals surface area (Å²) in [6.45, 7) is 8.32. The number of hydrogen-bond acceptors (Lipinski definition) is 5. The topological polar surface area (TPSA) is 59.5 Å². The smallest absolute Gasteiger partial charge is 0.357 e. The predicted molar refractivity (Wildman–Crippen MR) is 102 cm³/mol. The number of hydrogen-bond donors (Lipinski definition) is 0. The molecule has 25 heavy (non-hydrogen) atoms. The first kappa shape index (κ1) is 19.6. The lowest BCUT2D eigenvalue weighted by Gasteiger charge is -2.35. The molecule has 0 aliphatic heterocycles. The van der Waals surface area contributed by atoms with E-state index < -0.39 is 11.5 Å². The zero-order chi connectivity index (χ0) is 18.6. The second-order valence-electron chi connectivity index (χ2n) is 6.42. The Labute approximate surface area is 160 Å². The maximum atomic E-state index is 13.0. The molecule has 0 unspecified atom stereocenters. The van der Waals surface area contributed by atoms with Crippen molar-refractivity contribution in [2.24, 2.45) is 0 Å². The van der Waals surface area contributed by atoms with Gasteiger partial charge in [0.1, 0.15) is 5.01 Å². The van der Waals surface area contributed by atoms with Gasteiger partial charge in [0.15, 0.2) is 5.69 Å². The van der Waals surface area contributed by atoms with Gasteiger partial charge in [-0.1, -0.05) is 22.0 Å². The summed E-state index contributed by atoms with van der Waals surface area (Å²) in [5, 5.41) is 2.36. The van der Waals surface area contributed by atoms with Crippen LogP contribution in [0.15, 0.2) is 34.1 Å². The summed E-state index contributed by atoms with van der Waals surface area (Å²) in [5.41, 5.74) is 0.493. The van der Waals surface area contributed by atoms with E-state index in [9.17, 15) is 9.59 Å². The second-order valence-corrected chi connectivity index (χ2v) is 8.28. The van der Waals surface area contributed by atoms with Crippen LogP contribution < -0.4 is 0 Å². The zero-order valence-electron chi connectivity index (χ0n) is 14.7. The molecule has 0 spiro atoms. The maximum Gasteiger partial charge on any atom is 0.357 e. The average molecular weight is 425 g/mol. The van der Waals surface area contributed by atoms with Gasteiger partial charge in [-0.3, -0.25) is 4.79 Å². The second kappa shape index (κ2) is 8.10. The van der Waals surface area contributed by atoms with Gasteiger partial charge >= 0.3 is 5.97 Å². The Bertz CT molecular complexity index is 768. The molecule has 0 aliphatic carbocycles. The molecular formula is C18H21BrN2O3S. The van der Waals surface area contributed by atoms with Gasteiger partial charge in [-0.15, -0.1) is 11.3 Å². The van der Waals surface area contributed by atoms with Crippen molar-refractivity contribution in [1.29, 1.82) is 0 Å². The maximum absolute atomic E-state index is 13.0. The van der Waals surface area contributed by atoms with Crippen LogP contribution in [-0.2, 0) is 11.3 Å². The van der Waals surface area contributed by atoms with Crippen LogP contribution in [0.2, 0.25) is 0 Å². The Kier molecular flexibility index (Phi) is 6.35. The van der Waals surface area contributed by atoms with Crippen LogP contribution in [-0.4, -0.2) is 33.9 Å². The fraction of sp³-hybridized carbons (Fsp3) is 0.389. The fourth-order valence-corrected chi connectivity index (χ4v) is 3.36. The van der Waals surface area contributed by atoms with Gasteiger partial charge in [-0.25, -0.2) is 9.78 Å². The van der Waals surface area contributed by atoms with Crippen molar-refractivity contribution in [3.8, 4) is 0 Å². The lowest BCUT2D eigenvalue weighted by Crippen LogP contribution is -2.45. The van der Waals surface area contributed by atoms with E-state index in [4.69, 9.17) is 4.74 Å². The molecule has 2 aromatic rings. The Morgan fingerprint density at radius 3 is 2.64 bits per heavy atom. The number of halogens is 1. The van der Waals surface area contributed by atoms with Crippen molar-refractivity contribution in [2.75, 3.05) is 6.61 Å². The normalized spacial score (nSPS) is 11.2. The first-order chi connectivity index (χ1) is 11.7. The highest BCUT2D eigenvalue weighted by atomic mass is 79.9. The molecule has 0 fully saturated rings. The quantitative estimate of drug-likeness (QED) is 0.661. The SMILES string of the molecule is CCOC(=O)c1csc(CN(C(=O)c2cccc(Br)c2)C(C)(C)C)n1. The Hall–Kier alpha value is -1.73. The number of carbonyl (C=O) groups is 2. The number of nitrogens with zero attached hydrogens (tertiary/aromatic N) is 2. The number of ether oxygens (including phenoxy) is 1. The molecule has 0 N–H and O–H groups in total. The van der Waals surface area contributed by atoms with Crippen LogP contribution in [0.1, 0.15) is 53.5 Å². The summed E-state index contributed by atoms with van der Waals surface area (Å²) in [4.78, 5) is 30.8. The number of carbonyl (C=O) groups excluding carboxylic acids is 2. The highest BCUT2D eigenvalue weighted by Crippen LogP contribution is 2.23. The fourth-order valence-electron chi connectivity index (χ4n) is 2.21. The average Bonchev–Trinajstić information content (AvgIpc) is 3.00. The first-order valence-electron chi connectivity index (χ1n) is 7.91. The summed E-state index contributed by atoms with van der Waals surface area (Å²) in [7, 11) is 0. The van der Waals surface area contributed by atoms with Crippen LogP contribution in [0.5, 0.6) is 0 Å². The minimum atomic E-state index is -0.439. The lowest BCUT2D eigenvalue weighted by atomic mass is 10.0. The van der Waals surface area contributed by atoms with Gasteiger partial charge in [0.2, 0.25) is 0 Å². The van der Waals surface area contributed by atoms with Crippen LogP contribution in [0.25, 0.3) is 0 Å². The number of aromatic nitrogens is 1. The van der Waals surface area contributed by atoms with Crippen molar-refractivity contribution in [3.05, 3.63) is 50.4 Å². The molecule has 0 atom stereocenters. The van der Waals surface area contributed by atoms with E-state index >= 15 is 0 Å². The van der Waals surface area contributed by atoms with Crippen molar-refractivity contribution in [2.45, 2.75) is 39.8 Å². The number of amides is 1. The first-order valence-corrected chi connectivity index (χ1v) is 9.58. The molecule has 5 nitrogen and oxygen atoms in total. The summed E-state index contributed by atoms with van der Waals surface area (Å²) in [6, 6.07) is 7.30. The third-order valence-electron chi connectivity index (χ3n) is 3.46. The largest absolute Gasteiger partial charge is 0.461 e. The predicted octanol–water partition coefficient (Wildman–Crippen LogP) is 4.52. The number of esters is 1. The number of benzene rings is 1. The number of thiazole rings is 1. The molecule has 7 heteroatoms. The van der Waals surface area contributed by atoms with Crippen LogP contribution >= 0.6 is 27.3 Å². The monoisotopic (exact) mass is 424 g/mol. The van der Waals surface area contributed by atoms with E-state index in [2.05, 4.69) is 20.9 Å². The zero-order valence-corrected chi connectivity index (χ0v) is 17.1. The molecule has 0 bridgehead atoms. The number of rotatable bonds is 5. The molecular weight excluding hydrogens is 404 g/mol. The van der Waals surface area contributed by atoms with E-state index in [1.165, 1.54) is 11.3 Å². The minimum absolute atomic E-state index is 0.0818. The van der Waals surface area contributed by atoms with Crippen LogP contribution in [0, 0.1) is 0 Å². The van der Waals surface area contributed by atoms with E-state index in [1.807, 2.05) is 32.9 Å². The molecule has 1 amide bonds. The van der Waals surface area contributed by atoms with Crippen molar-refractivity contribution in [3.63, 3.8) is 0 Å². The van der Waals surface area contributed by atoms with Gasteiger partial charge in [-0.2, -0.15) is 0 Å². The summed E-state index contributed by atoms with van der Waals surface area (Å²) < 4.78 is 5.82. The Balaban J connectivity index is 2.25. The Morgan fingerprint density at radius 2 is 2.04 bits per heavy atom. The molecule has 0 saturated heterocycles. The molecule has 134 valence electrons. The van der Waals surface area contributed by atoms with Gasteiger partial charge in [0, 0.05) is 21.0 Å². The third-order valence-corrected chi connectivity index (χ3v) is 4.78. The molecule has 2 rings (SSSR count). The molecule has 0 saturated carbocycles. The van der Waals surface area contributed by atoms with E-state index in [0.717, 1.165) is 4.47 Å². The standard InChI is InChI=1S/C18H21BrN2O3S/c1-5-24-17(23)14-11-25-15(20-14)10-21(18(2,3)4)16(22)12-7-6-8-13(19)9-12/h6-9,11H,5,10H2,1-4H3. The van der Waals surface area contributed by atoms with E-state index in [1.54, 1.807) is 29.3 Å².